The number of ether oxygens (including phenoxy) is 1. The van der Waals surface area contributed by atoms with Crippen molar-refractivity contribution in [2.45, 2.75) is 13.2 Å². The van der Waals surface area contributed by atoms with Crippen LogP contribution in [0.25, 0.3) is 0 Å². The molecule has 1 aliphatic heterocycles. The van der Waals surface area contributed by atoms with E-state index in [1.165, 1.54) is 0 Å². The summed E-state index contributed by atoms with van der Waals surface area (Å²) in [5.41, 5.74) is 0. The van der Waals surface area contributed by atoms with Gasteiger partial charge < -0.3 is 4.74 Å². The van der Waals surface area contributed by atoms with Crippen LogP contribution < -0.4 is 5.32 Å². The summed E-state index contributed by atoms with van der Waals surface area (Å²) in [4.78, 5) is 0. The van der Waals surface area contributed by atoms with E-state index in [1.807, 2.05) is 6.92 Å². The summed E-state index contributed by atoms with van der Waals surface area (Å²) in [5.74, 6) is 0. The second kappa shape index (κ2) is 1.58. The molecule has 0 unspecified atom stereocenters. The minimum Gasteiger partial charge on any atom is -0.362 e. The highest BCUT2D eigenvalue weighted by Crippen LogP contribution is 1.89. The van der Waals surface area contributed by atoms with Crippen molar-refractivity contribution in [3.05, 3.63) is 0 Å². The number of rotatable bonds is 0. The fourth-order valence-corrected chi connectivity index (χ4v) is 0.557. The predicted molar refractivity (Wildman–Crippen MR) is 23.4 cm³/mol. The SMILES string of the molecule is C[C@@H]1NCCO1. The predicted octanol–water partition coefficient (Wildman–Crippen LogP) is -0.0478. The van der Waals surface area contributed by atoms with Gasteiger partial charge in [-0.3, -0.25) is 5.32 Å². The van der Waals surface area contributed by atoms with E-state index >= 15 is 0 Å². The zero-order valence-corrected chi connectivity index (χ0v) is 3.90. The Morgan fingerprint density at radius 1 is 1.83 bits per heavy atom. The summed E-state index contributed by atoms with van der Waals surface area (Å²) >= 11 is 0. The molecular formula is C4H9NO. The summed E-state index contributed by atoms with van der Waals surface area (Å²) in [6, 6.07) is 0. The molecule has 1 fully saturated rings. The Morgan fingerprint density at radius 3 is 2.83 bits per heavy atom. The smallest absolute Gasteiger partial charge is 0.105 e. The lowest BCUT2D eigenvalue weighted by molar-refractivity contribution is 0.116. The second-order valence-electron chi connectivity index (χ2n) is 1.47. The summed E-state index contributed by atoms with van der Waals surface area (Å²) < 4.78 is 5.04. The monoisotopic (exact) mass is 87.1 g/mol. The molecular weight excluding hydrogens is 78.0 g/mol. The summed E-state index contributed by atoms with van der Waals surface area (Å²) in [7, 11) is 0. The van der Waals surface area contributed by atoms with Gasteiger partial charge in [-0.25, -0.2) is 0 Å². The van der Waals surface area contributed by atoms with Crippen molar-refractivity contribution in [1.82, 2.24) is 5.32 Å². The molecule has 1 atom stereocenters. The van der Waals surface area contributed by atoms with Gasteiger partial charge in [-0.1, -0.05) is 0 Å². The average Bonchev–Trinajstić information content (AvgIpc) is 1.86. The second-order valence-corrected chi connectivity index (χ2v) is 1.47. The minimum absolute atomic E-state index is 0.296. The first kappa shape index (κ1) is 4.09. The lowest BCUT2D eigenvalue weighted by Crippen LogP contribution is -2.17. The van der Waals surface area contributed by atoms with Crippen LogP contribution in [-0.2, 0) is 4.74 Å². The van der Waals surface area contributed by atoms with Crippen LogP contribution >= 0.6 is 0 Å². The third-order valence-corrected chi connectivity index (χ3v) is 0.902. The minimum atomic E-state index is 0.296. The third kappa shape index (κ3) is 0.698. The van der Waals surface area contributed by atoms with E-state index in [4.69, 9.17) is 4.74 Å². The van der Waals surface area contributed by atoms with E-state index in [-0.39, 0.29) is 0 Å². The Bertz CT molecular complexity index is 40.8. The van der Waals surface area contributed by atoms with Crippen molar-refractivity contribution < 1.29 is 4.74 Å². The van der Waals surface area contributed by atoms with Crippen LogP contribution in [0.4, 0.5) is 0 Å². The lowest BCUT2D eigenvalue weighted by Gasteiger charge is -1.96. The molecule has 36 valence electrons. The Labute approximate surface area is 37.5 Å². The largest absolute Gasteiger partial charge is 0.362 e. The van der Waals surface area contributed by atoms with Gasteiger partial charge in [0.2, 0.25) is 0 Å². The molecule has 0 aromatic heterocycles. The van der Waals surface area contributed by atoms with Crippen molar-refractivity contribution >= 4 is 0 Å². The van der Waals surface area contributed by atoms with E-state index < -0.39 is 0 Å². The van der Waals surface area contributed by atoms with E-state index in [2.05, 4.69) is 5.32 Å². The fraction of sp³-hybridized carbons (Fsp3) is 1.00. The molecule has 6 heavy (non-hydrogen) atoms. The molecule has 1 heterocycles. The Morgan fingerprint density at radius 2 is 2.67 bits per heavy atom. The van der Waals surface area contributed by atoms with Crippen LogP contribution in [0.1, 0.15) is 6.92 Å². The van der Waals surface area contributed by atoms with Crippen molar-refractivity contribution in [2.24, 2.45) is 0 Å². The number of nitrogens with one attached hydrogen (secondary N) is 1. The first-order valence-electron chi connectivity index (χ1n) is 2.24. The molecule has 1 saturated heterocycles. The number of hydrogen-bond donors (Lipinski definition) is 1. The molecule has 1 aliphatic rings. The standard InChI is InChI=1S/C4H9NO/c1-4-5-2-3-6-4/h4-5H,2-3H2,1H3/t4-/m1/s1. The van der Waals surface area contributed by atoms with Gasteiger partial charge in [0.05, 0.1) is 6.61 Å². The third-order valence-electron chi connectivity index (χ3n) is 0.902. The fourth-order valence-electron chi connectivity index (χ4n) is 0.557. The van der Waals surface area contributed by atoms with Gasteiger partial charge >= 0.3 is 0 Å². The zero-order chi connectivity index (χ0) is 4.41. The normalized spacial score (nSPS) is 34.5. The number of hydrogen-bond acceptors (Lipinski definition) is 2. The van der Waals surface area contributed by atoms with Crippen LogP contribution in [-0.4, -0.2) is 19.4 Å². The highest BCUT2D eigenvalue weighted by molar-refractivity contribution is 4.54. The Balaban J connectivity index is 2.18. The molecule has 0 aromatic rings. The summed E-state index contributed by atoms with van der Waals surface area (Å²) in [6.45, 7) is 3.90. The molecule has 0 bridgehead atoms. The molecule has 0 spiro atoms. The van der Waals surface area contributed by atoms with Crippen molar-refractivity contribution in [3.63, 3.8) is 0 Å². The van der Waals surface area contributed by atoms with Gasteiger partial charge in [0.25, 0.3) is 0 Å². The maximum absolute atomic E-state index is 5.04. The van der Waals surface area contributed by atoms with Crippen molar-refractivity contribution in [2.75, 3.05) is 13.2 Å². The maximum atomic E-state index is 5.04. The highest BCUT2D eigenvalue weighted by atomic mass is 16.5. The highest BCUT2D eigenvalue weighted by Gasteiger charge is 2.05. The molecule has 0 aromatic carbocycles. The van der Waals surface area contributed by atoms with Gasteiger partial charge in [-0.2, -0.15) is 0 Å². The van der Waals surface area contributed by atoms with E-state index in [0.29, 0.717) is 6.23 Å². The molecule has 1 rings (SSSR count). The van der Waals surface area contributed by atoms with Crippen molar-refractivity contribution in [3.8, 4) is 0 Å². The van der Waals surface area contributed by atoms with Crippen LogP contribution in [0.15, 0.2) is 0 Å². The van der Waals surface area contributed by atoms with Crippen LogP contribution in [0.3, 0.4) is 0 Å². The van der Waals surface area contributed by atoms with Crippen LogP contribution in [0.5, 0.6) is 0 Å². The van der Waals surface area contributed by atoms with E-state index in [1.54, 1.807) is 0 Å². The van der Waals surface area contributed by atoms with E-state index in [0.717, 1.165) is 13.2 Å². The zero-order valence-electron chi connectivity index (χ0n) is 3.90. The molecule has 0 radical (unpaired) electrons. The van der Waals surface area contributed by atoms with Crippen LogP contribution in [0.2, 0.25) is 0 Å². The Hall–Kier alpha value is -0.0800. The van der Waals surface area contributed by atoms with Gasteiger partial charge in [-0.15, -0.1) is 0 Å². The van der Waals surface area contributed by atoms with Gasteiger partial charge in [0.1, 0.15) is 6.23 Å². The maximum Gasteiger partial charge on any atom is 0.105 e. The summed E-state index contributed by atoms with van der Waals surface area (Å²) in [5, 5.41) is 3.10. The summed E-state index contributed by atoms with van der Waals surface area (Å²) in [6.07, 6.45) is 0.296. The quantitative estimate of drug-likeness (QED) is 0.447. The van der Waals surface area contributed by atoms with Crippen LogP contribution in [0, 0.1) is 0 Å². The molecule has 0 aliphatic carbocycles. The van der Waals surface area contributed by atoms with Gasteiger partial charge in [0.15, 0.2) is 0 Å². The topological polar surface area (TPSA) is 21.3 Å². The van der Waals surface area contributed by atoms with E-state index in [9.17, 15) is 0 Å². The van der Waals surface area contributed by atoms with Gasteiger partial charge in [-0.05, 0) is 6.92 Å². The molecule has 2 nitrogen and oxygen atoms in total. The average molecular weight is 87.1 g/mol. The first-order chi connectivity index (χ1) is 2.89. The first-order valence-corrected chi connectivity index (χ1v) is 2.24. The Kier molecular flexibility index (Phi) is 1.08. The lowest BCUT2D eigenvalue weighted by atomic mass is 10.7. The van der Waals surface area contributed by atoms with Gasteiger partial charge in [0, 0.05) is 6.54 Å². The molecule has 2 heteroatoms. The molecule has 1 N–H and O–H groups in total. The molecule has 0 amide bonds. The molecule has 0 saturated carbocycles. The van der Waals surface area contributed by atoms with Crippen molar-refractivity contribution in [1.29, 1.82) is 0 Å².